The molecule has 0 saturated heterocycles. The van der Waals surface area contributed by atoms with Crippen LogP contribution in [0.4, 0.5) is 0 Å². The molecule has 1 aliphatic heterocycles. The topological polar surface area (TPSA) is 76.0 Å². The number of hydrogen-bond acceptors (Lipinski definition) is 3. The van der Waals surface area contributed by atoms with Crippen molar-refractivity contribution < 1.29 is 9.59 Å². The maximum Gasteiger partial charge on any atom is 0.246 e. The molecule has 0 spiro atoms. The molecule has 1 fully saturated rings. The Bertz CT molecular complexity index is 602. The molecule has 1 saturated carbocycles. The molecule has 126 valence electrons. The van der Waals surface area contributed by atoms with Gasteiger partial charge in [0.05, 0.1) is 5.69 Å². The summed E-state index contributed by atoms with van der Waals surface area (Å²) in [5.41, 5.74) is 0.309. The minimum absolute atomic E-state index is 0.0160. The van der Waals surface area contributed by atoms with E-state index >= 15 is 0 Å². The van der Waals surface area contributed by atoms with Gasteiger partial charge in [-0.25, -0.2) is 4.98 Å². The van der Waals surface area contributed by atoms with Crippen LogP contribution in [0.25, 0.3) is 0 Å². The number of amides is 2. The fraction of sp³-hybridized carbons (Fsp3) is 0.706. The number of aromatic nitrogens is 2. The molecule has 2 heterocycles. The highest BCUT2D eigenvalue weighted by Gasteiger charge is 2.41. The third kappa shape index (κ3) is 3.41. The maximum absolute atomic E-state index is 12.9. The zero-order valence-electron chi connectivity index (χ0n) is 14.0. The number of nitrogens with zero attached hydrogens (tertiary/aromatic N) is 2. The minimum atomic E-state index is -0.713. The molecule has 2 N–H and O–H groups in total. The largest absolute Gasteiger partial charge is 0.350 e. The van der Waals surface area contributed by atoms with Crippen LogP contribution in [-0.2, 0) is 22.6 Å². The first-order valence-electron chi connectivity index (χ1n) is 8.61. The Morgan fingerprint density at radius 3 is 2.74 bits per heavy atom. The molecule has 3 rings (SSSR count). The van der Waals surface area contributed by atoms with E-state index in [-0.39, 0.29) is 17.9 Å². The van der Waals surface area contributed by atoms with Crippen LogP contribution in [-0.4, -0.2) is 32.9 Å². The van der Waals surface area contributed by atoms with E-state index in [1.165, 1.54) is 6.92 Å². The predicted octanol–water partition coefficient (Wildman–Crippen LogP) is 1.46. The van der Waals surface area contributed by atoms with Crippen molar-refractivity contribution in [1.82, 2.24) is 20.2 Å². The zero-order valence-corrected chi connectivity index (χ0v) is 14.0. The van der Waals surface area contributed by atoms with E-state index in [2.05, 4.69) is 20.2 Å². The molecular weight excluding hydrogens is 292 g/mol. The van der Waals surface area contributed by atoms with E-state index in [1.807, 2.05) is 13.1 Å². The second-order valence-corrected chi connectivity index (χ2v) is 6.98. The van der Waals surface area contributed by atoms with Crippen molar-refractivity contribution in [3.8, 4) is 0 Å². The van der Waals surface area contributed by atoms with Crippen LogP contribution in [0.2, 0.25) is 0 Å². The van der Waals surface area contributed by atoms with Crippen molar-refractivity contribution in [3.63, 3.8) is 0 Å². The molecule has 1 aromatic heterocycles. The maximum atomic E-state index is 12.9. The lowest BCUT2D eigenvalue weighted by Gasteiger charge is -2.38. The molecule has 6 nitrogen and oxygen atoms in total. The van der Waals surface area contributed by atoms with E-state index in [1.54, 1.807) is 0 Å². The fourth-order valence-electron chi connectivity index (χ4n) is 3.93. The Labute approximate surface area is 137 Å². The quantitative estimate of drug-likeness (QED) is 0.886. The number of aryl methyl sites for hydroxylation is 2. The molecule has 0 aromatic carbocycles. The van der Waals surface area contributed by atoms with Crippen molar-refractivity contribution in [1.29, 1.82) is 0 Å². The summed E-state index contributed by atoms with van der Waals surface area (Å²) in [6.07, 6.45) is 8.41. The van der Waals surface area contributed by atoms with Crippen LogP contribution < -0.4 is 10.6 Å². The number of nitrogens with one attached hydrogen (secondary N) is 2. The van der Waals surface area contributed by atoms with Gasteiger partial charge >= 0.3 is 0 Å². The van der Waals surface area contributed by atoms with Crippen molar-refractivity contribution in [2.45, 2.75) is 76.9 Å². The van der Waals surface area contributed by atoms with E-state index < -0.39 is 5.54 Å². The van der Waals surface area contributed by atoms with Gasteiger partial charge in [0.2, 0.25) is 11.8 Å². The summed E-state index contributed by atoms with van der Waals surface area (Å²) in [6.45, 7) is 4.25. The van der Waals surface area contributed by atoms with Crippen molar-refractivity contribution >= 4 is 11.8 Å². The highest BCUT2D eigenvalue weighted by molar-refractivity contribution is 5.91. The first kappa shape index (κ1) is 16.0. The van der Waals surface area contributed by atoms with Crippen molar-refractivity contribution in [2.24, 2.45) is 0 Å². The van der Waals surface area contributed by atoms with Gasteiger partial charge in [0, 0.05) is 32.1 Å². The van der Waals surface area contributed by atoms with Gasteiger partial charge in [-0.2, -0.15) is 0 Å². The lowest BCUT2D eigenvalue weighted by Crippen LogP contribution is -2.61. The summed E-state index contributed by atoms with van der Waals surface area (Å²) in [4.78, 5) is 29.0. The smallest absolute Gasteiger partial charge is 0.246 e. The van der Waals surface area contributed by atoms with Gasteiger partial charge in [-0.05, 0) is 26.2 Å². The Balaban J connectivity index is 1.68. The first-order valence-corrected chi connectivity index (χ1v) is 8.61. The van der Waals surface area contributed by atoms with Gasteiger partial charge in [0.1, 0.15) is 11.4 Å². The van der Waals surface area contributed by atoms with Gasteiger partial charge in [-0.1, -0.05) is 19.3 Å². The van der Waals surface area contributed by atoms with Gasteiger partial charge in [0.15, 0.2) is 0 Å². The Hall–Kier alpha value is -1.85. The molecular formula is C17H26N4O2. The molecule has 2 aliphatic rings. The Morgan fingerprint density at radius 2 is 2.04 bits per heavy atom. The van der Waals surface area contributed by atoms with Crippen LogP contribution in [0, 0.1) is 6.92 Å². The Morgan fingerprint density at radius 1 is 1.30 bits per heavy atom. The second-order valence-electron chi connectivity index (χ2n) is 6.98. The van der Waals surface area contributed by atoms with Gasteiger partial charge in [0.25, 0.3) is 0 Å². The summed E-state index contributed by atoms with van der Waals surface area (Å²) in [6, 6.07) is 0.108. The normalized spacial score (nSPS) is 23.0. The molecule has 1 atom stereocenters. The summed E-state index contributed by atoms with van der Waals surface area (Å²) < 4.78 is 2.13. The van der Waals surface area contributed by atoms with E-state index in [4.69, 9.17) is 0 Å². The molecule has 1 aliphatic carbocycles. The van der Waals surface area contributed by atoms with Gasteiger partial charge < -0.3 is 15.2 Å². The molecule has 0 bridgehead atoms. The summed E-state index contributed by atoms with van der Waals surface area (Å²) in [5, 5.41) is 6.12. The van der Waals surface area contributed by atoms with Crippen LogP contribution in [0.3, 0.4) is 0 Å². The van der Waals surface area contributed by atoms with Crippen LogP contribution in [0.15, 0.2) is 6.20 Å². The third-order valence-electron chi connectivity index (χ3n) is 5.01. The van der Waals surface area contributed by atoms with E-state index in [9.17, 15) is 9.59 Å². The molecule has 1 aromatic rings. The zero-order chi connectivity index (χ0) is 16.4. The molecule has 2 amide bonds. The standard InChI is InChI=1S/C17H26N4O2/c1-12-10-21-11-14(6-7-15(21)18-12)19-16(23)17(20-13(2)22)8-4-3-5-9-17/h10,14H,3-9,11H2,1-2H3,(H,19,23)(H,20,22)/t14-/m1/s1. The van der Waals surface area contributed by atoms with Crippen LogP contribution in [0.1, 0.15) is 57.0 Å². The van der Waals surface area contributed by atoms with E-state index in [0.29, 0.717) is 0 Å². The summed E-state index contributed by atoms with van der Waals surface area (Å²) in [7, 11) is 0. The van der Waals surface area contributed by atoms with E-state index in [0.717, 1.165) is 63.0 Å². The number of hydrogen-bond donors (Lipinski definition) is 2. The summed E-state index contributed by atoms with van der Waals surface area (Å²) >= 11 is 0. The first-order chi connectivity index (χ1) is 11.0. The van der Waals surface area contributed by atoms with Gasteiger partial charge in [-0.15, -0.1) is 0 Å². The lowest BCUT2D eigenvalue weighted by molar-refractivity contribution is -0.135. The highest BCUT2D eigenvalue weighted by Crippen LogP contribution is 2.29. The van der Waals surface area contributed by atoms with Gasteiger partial charge in [-0.3, -0.25) is 9.59 Å². The lowest BCUT2D eigenvalue weighted by atomic mass is 9.80. The average Bonchev–Trinajstić information content (AvgIpc) is 2.86. The number of carbonyl (C=O) groups excluding carboxylic acids is 2. The number of fused-ring (bicyclic) bond motifs is 1. The molecule has 0 radical (unpaired) electrons. The van der Waals surface area contributed by atoms with Crippen molar-refractivity contribution in [3.05, 3.63) is 17.7 Å². The number of imidazole rings is 1. The number of rotatable bonds is 3. The van der Waals surface area contributed by atoms with Crippen LogP contribution in [0.5, 0.6) is 0 Å². The van der Waals surface area contributed by atoms with Crippen molar-refractivity contribution in [2.75, 3.05) is 0 Å². The third-order valence-corrected chi connectivity index (χ3v) is 5.01. The summed E-state index contributed by atoms with van der Waals surface area (Å²) in [5.74, 6) is 0.957. The van der Waals surface area contributed by atoms with Crippen LogP contribution >= 0.6 is 0 Å². The fourth-order valence-corrected chi connectivity index (χ4v) is 3.93. The predicted molar refractivity (Wildman–Crippen MR) is 86.8 cm³/mol. The average molecular weight is 318 g/mol. The Kier molecular flexibility index (Phi) is 4.41. The SMILES string of the molecule is CC(=O)NC1(C(=O)N[C@@H]2CCc3nc(C)cn3C2)CCCCC1. The minimum Gasteiger partial charge on any atom is -0.350 e. The number of carbonyl (C=O) groups is 2. The monoisotopic (exact) mass is 318 g/mol. The molecule has 23 heavy (non-hydrogen) atoms. The second kappa shape index (κ2) is 6.34. The highest BCUT2D eigenvalue weighted by atomic mass is 16.2. The molecule has 6 heteroatoms. The molecule has 0 unspecified atom stereocenters.